The molecule has 0 aliphatic heterocycles. The largest absolute Gasteiger partial charge is 0.373 e. The molecule has 0 bridgehead atoms. The zero-order chi connectivity index (χ0) is 41.2. The number of carbonyl (C=O) groups is 4. The first-order valence-corrected chi connectivity index (χ1v) is 18.2. The Hall–Kier alpha value is -5.40. The zero-order valence-electron chi connectivity index (χ0n) is 33.3. The van der Waals surface area contributed by atoms with E-state index in [-0.39, 0.29) is 0 Å². The van der Waals surface area contributed by atoms with Crippen LogP contribution >= 0.6 is 0 Å². The molecule has 0 aliphatic rings. The molecule has 0 atom stereocenters. The maximum atomic E-state index is 12.0. The fraction of sp³-hybridized carbons (Fsp3) is 0.364. The summed E-state index contributed by atoms with van der Waals surface area (Å²) in [5, 5.41) is 0. The molecule has 0 fully saturated rings. The first kappa shape index (κ1) is 45.0. The molecular weight excluding hydrogens is 720 g/mol. The van der Waals surface area contributed by atoms with Gasteiger partial charge in [0, 0.05) is 0 Å². The molecule has 0 spiro atoms. The first-order chi connectivity index (χ1) is 26.4. The van der Waals surface area contributed by atoms with Gasteiger partial charge in [0.2, 0.25) is 0 Å². The van der Waals surface area contributed by atoms with Gasteiger partial charge in [-0.15, -0.1) is 0 Å². The Labute approximate surface area is 328 Å². The van der Waals surface area contributed by atoms with E-state index in [4.69, 9.17) is 39.1 Å². The second kappa shape index (κ2) is 21.1. The van der Waals surface area contributed by atoms with Gasteiger partial charge in [0.25, 0.3) is 0 Å². The Morgan fingerprint density at radius 1 is 0.321 bits per heavy atom. The SMILES string of the molecule is CC(C)(CCC(C)(C)OOC(=O)c1ccccc1)OOC(=O)c1ccccc1.CC(C)(CCC(C)(C)OOC(=O)c1ccccc1)OOC(=O)c1ccccc1. The molecule has 0 heterocycles. The van der Waals surface area contributed by atoms with Gasteiger partial charge in [0.15, 0.2) is 0 Å². The summed E-state index contributed by atoms with van der Waals surface area (Å²) in [6, 6.07) is 34.4. The van der Waals surface area contributed by atoms with Crippen LogP contribution in [0.5, 0.6) is 0 Å². The van der Waals surface area contributed by atoms with Gasteiger partial charge < -0.3 is 0 Å². The van der Waals surface area contributed by atoms with E-state index in [9.17, 15) is 19.2 Å². The van der Waals surface area contributed by atoms with Crippen molar-refractivity contribution < 1.29 is 58.3 Å². The standard InChI is InChI=1S/2C22H26O6/c2*1-21(2,27-25-19(23)17-11-7-5-8-12-17)15-16-22(3,4)28-26-20(24)18-13-9-6-10-14-18/h2*5-14H,15-16H2,1-4H3. The van der Waals surface area contributed by atoms with Crippen LogP contribution in [0.2, 0.25) is 0 Å². The molecule has 4 aromatic carbocycles. The average molecular weight is 773 g/mol. The highest BCUT2D eigenvalue weighted by molar-refractivity contribution is 5.90. The molecule has 0 aliphatic carbocycles. The van der Waals surface area contributed by atoms with Crippen molar-refractivity contribution in [1.29, 1.82) is 0 Å². The third-order valence-electron chi connectivity index (χ3n) is 8.07. The molecule has 56 heavy (non-hydrogen) atoms. The maximum absolute atomic E-state index is 12.0. The minimum absolute atomic E-state index is 0.412. The summed E-state index contributed by atoms with van der Waals surface area (Å²) >= 11 is 0. The van der Waals surface area contributed by atoms with E-state index in [0.717, 1.165) is 0 Å². The molecule has 4 aromatic rings. The Kier molecular flexibility index (Phi) is 16.9. The lowest BCUT2D eigenvalue weighted by Gasteiger charge is -2.28. The van der Waals surface area contributed by atoms with Crippen molar-refractivity contribution in [2.75, 3.05) is 0 Å². The molecule has 0 unspecified atom stereocenters. The number of benzene rings is 4. The first-order valence-electron chi connectivity index (χ1n) is 18.2. The van der Waals surface area contributed by atoms with Crippen LogP contribution in [0.1, 0.15) is 123 Å². The van der Waals surface area contributed by atoms with Crippen LogP contribution in [0.4, 0.5) is 0 Å². The minimum atomic E-state index is -0.742. The zero-order valence-corrected chi connectivity index (χ0v) is 33.3. The van der Waals surface area contributed by atoms with Crippen molar-refractivity contribution in [1.82, 2.24) is 0 Å². The van der Waals surface area contributed by atoms with Crippen molar-refractivity contribution in [2.45, 2.75) is 103 Å². The molecule has 0 saturated heterocycles. The van der Waals surface area contributed by atoms with Crippen LogP contribution < -0.4 is 0 Å². The van der Waals surface area contributed by atoms with Crippen molar-refractivity contribution in [3.8, 4) is 0 Å². The third kappa shape index (κ3) is 17.0. The number of hydrogen-bond acceptors (Lipinski definition) is 12. The van der Waals surface area contributed by atoms with Gasteiger partial charge in [-0.3, -0.25) is 19.6 Å². The topological polar surface area (TPSA) is 142 Å². The Morgan fingerprint density at radius 2 is 0.482 bits per heavy atom. The van der Waals surface area contributed by atoms with Gasteiger partial charge in [-0.05, 0) is 130 Å². The Bertz CT molecular complexity index is 1540. The van der Waals surface area contributed by atoms with Crippen LogP contribution in [0.25, 0.3) is 0 Å². The highest BCUT2D eigenvalue weighted by Gasteiger charge is 2.31. The van der Waals surface area contributed by atoms with E-state index in [1.165, 1.54) is 0 Å². The Balaban J connectivity index is 0.000000300. The maximum Gasteiger partial charge on any atom is 0.373 e. The predicted molar refractivity (Wildman–Crippen MR) is 207 cm³/mol. The molecule has 0 radical (unpaired) electrons. The van der Waals surface area contributed by atoms with Crippen molar-refractivity contribution >= 4 is 23.9 Å². The van der Waals surface area contributed by atoms with Gasteiger partial charge in [0.05, 0.1) is 22.3 Å². The highest BCUT2D eigenvalue weighted by Crippen LogP contribution is 2.27. The van der Waals surface area contributed by atoms with Crippen molar-refractivity contribution in [3.63, 3.8) is 0 Å². The Morgan fingerprint density at radius 3 is 0.643 bits per heavy atom. The van der Waals surface area contributed by atoms with Crippen LogP contribution in [-0.2, 0) is 39.1 Å². The summed E-state index contributed by atoms with van der Waals surface area (Å²) in [5.41, 5.74) is -1.32. The smallest absolute Gasteiger partial charge is 0.292 e. The number of rotatable bonds is 18. The lowest BCUT2D eigenvalue weighted by molar-refractivity contribution is -0.325. The molecule has 4 rings (SSSR count). The van der Waals surface area contributed by atoms with E-state index < -0.39 is 46.3 Å². The van der Waals surface area contributed by atoms with Gasteiger partial charge in [0.1, 0.15) is 22.4 Å². The van der Waals surface area contributed by atoms with E-state index in [1.807, 2.05) is 24.3 Å². The van der Waals surface area contributed by atoms with Crippen LogP contribution in [-0.4, -0.2) is 46.3 Å². The van der Waals surface area contributed by atoms with E-state index in [1.54, 1.807) is 152 Å². The third-order valence-corrected chi connectivity index (χ3v) is 8.07. The van der Waals surface area contributed by atoms with Crippen LogP contribution in [0.15, 0.2) is 121 Å². The van der Waals surface area contributed by atoms with Crippen molar-refractivity contribution in [3.05, 3.63) is 144 Å². The summed E-state index contributed by atoms with van der Waals surface area (Å²) < 4.78 is 0. The quantitative estimate of drug-likeness (QED) is 0.0702. The molecule has 0 aromatic heterocycles. The second-order valence-electron chi connectivity index (χ2n) is 15.3. The van der Waals surface area contributed by atoms with E-state index in [2.05, 4.69) is 0 Å². The molecular formula is C44H52O12. The molecule has 0 saturated carbocycles. The fourth-order valence-corrected chi connectivity index (χ4v) is 4.46. The highest BCUT2D eigenvalue weighted by atomic mass is 17.2. The van der Waals surface area contributed by atoms with Gasteiger partial charge in [-0.25, -0.2) is 19.2 Å². The lowest BCUT2D eigenvalue weighted by atomic mass is 9.94. The minimum Gasteiger partial charge on any atom is -0.292 e. The van der Waals surface area contributed by atoms with Crippen LogP contribution in [0.3, 0.4) is 0 Å². The fourth-order valence-electron chi connectivity index (χ4n) is 4.46. The van der Waals surface area contributed by atoms with Gasteiger partial charge in [-0.2, -0.15) is 19.6 Å². The van der Waals surface area contributed by atoms with Gasteiger partial charge in [-0.1, -0.05) is 72.8 Å². The van der Waals surface area contributed by atoms with Crippen molar-refractivity contribution in [2.24, 2.45) is 0 Å². The average Bonchev–Trinajstić information content (AvgIpc) is 3.20. The summed E-state index contributed by atoms with van der Waals surface area (Å²) in [6.07, 6.45) is 2.02. The molecule has 0 N–H and O–H groups in total. The van der Waals surface area contributed by atoms with Gasteiger partial charge >= 0.3 is 23.9 Å². The molecule has 12 heteroatoms. The van der Waals surface area contributed by atoms with E-state index >= 15 is 0 Å². The number of hydrogen-bond donors (Lipinski definition) is 0. The second-order valence-corrected chi connectivity index (χ2v) is 15.3. The molecule has 0 amide bonds. The molecule has 12 nitrogen and oxygen atoms in total. The van der Waals surface area contributed by atoms with E-state index in [0.29, 0.717) is 47.9 Å². The monoisotopic (exact) mass is 772 g/mol. The van der Waals surface area contributed by atoms with Crippen LogP contribution in [0, 0.1) is 0 Å². The lowest BCUT2D eigenvalue weighted by Crippen LogP contribution is -2.32. The summed E-state index contributed by atoms with van der Waals surface area (Å²) in [7, 11) is 0. The summed E-state index contributed by atoms with van der Waals surface area (Å²) in [5.74, 6) is -2.22. The molecule has 300 valence electrons. The number of carbonyl (C=O) groups excluding carboxylic acids is 4. The summed E-state index contributed by atoms with van der Waals surface area (Å²) in [6.45, 7) is 14.4. The summed E-state index contributed by atoms with van der Waals surface area (Å²) in [4.78, 5) is 89.0. The predicted octanol–water partition coefficient (Wildman–Crippen LogP) is 9.80. The normalized spacial score (nSPS) is 11.7.